The van der Waals surface area contributed by atoms with Gasteiger partial charge in [0.1, 0.15) is 5.21 Å². The number of hydrogen-bond donors (Lipinski definition) is 1. The van der Waals surface area contributed by atoms with Crippen LogP contribution in [-0.4, -0.2) is 20.2 Å². The van der Waals surface area contributed by atoms with Crippen LogP contribution < -0.4 is 4.72 Å². The summed E-state index contributed by atoms with van der Waals surface area (Å²) in [5.41, 5.74) is 0. The van der Waals surface area contributed by atoms with Crippen molar-refractivity contribution >= 4 is 21.6 Å². The quantitative estimate of drug-likeness (QED) is 0.747. The second-order valence-corrected chi connectivity index (χ2v) is 6.30. The molecule has 0 unspecified atom stereocenters. The van der Waals surface area contributed by atoms with Gasteiger partial charge in [-0.1, -0.05) is 32.1 Å². The van der Waals surface area contributed by atoms with Gasteiger partial charge in [-0.15, -0.1) is 11.6 Å². The molecule has 1 rings (SSSR count). The van der Waals surface area contributed by atoms with E-state index in [1.165, 1.54) is 32.1 Å². The Morgan fingerprint density at radius 2 is 1.86 bits per heavy atom. The molecule has 14 heavy (non-hydrogen) atoms. The van der Waals surface area contributed by atoms with Crippen molar-refractivity contribution in [3.05, 3.63) is 0 Å². The highest BCUT2D eigenvalue weighted by molar-refractivity contribution is 7.90. The zero-order valence-electron chi connectivity index (χ0n) is 8.34. The van der Waals surface area contributed by atoms with Crippen LogP contribution in [0.25, 0.3) is 0 Å². The molecule has 0 aromatic carbocycles. The zero-order chi connectivity index (χ0) is 10.4. The summed E-state index contributed by atoms with van der Waals surface area (Å²) < 4.78 is 24.5. The Hall–Kier alpha value is 0.200. The third-order valence-corrected chi connectivity index (χ3v) is 4.54. The van der Waals surface area contributed by atoms with Crippen LogP contribution in [-0.2, 0) is 10.0 Å². The number of hydrogen-bond acceptors (Lipinski definition) is 2. The van der Waals surface area contributed by atoms with Crippen LogP contribution in [0.5, 0.6) is 0 Å². The van der Waals surface area contributed by atoms with E-state index in [1.807, 2.05) is 0 Å². The SMILES string of the molecule is O=S(=O)(CCl)NCCC1CCCCC1. The van der Waals surface area contributed by atoms with Crippen molar-refractivity contribution in [2.24, 2.45) is 5.92 Å². The van der Waals surface area contributed by atoms with E-state index in [2.05, 4.69) is 4.72 Å². The summed E-state index contributed by atoms with van der Waals surface area (Å²) in [4.78, 5) is 0. The van der Waals surface area contributed by atoms with Crippen LogP contribution in [0.2, 0.25) is 0 Å². The van der Waals surface area contributed by atoms with Crippen LogP contribution in [0.4, 0.5) is 0 Å². The van der Waals surface area contributed by atoms with E-state index in [-0.39, 0.29) is 5.21 Å². The van der Waals surface area contributed by atoms with E-state index < -0.39 is 10.0 Å². The van der Waals surface area contributed by atoms with Crippen molar-refractivity contribution in [2.45, 2.75) is 38.5 Å². The lowest BCUT2D eigenvalue weighted by molar-refractivity contribution is 0.340. The second kappa shape index (κ2) is 5.93. The summed E-state index contributed by atoms with van der Waals surface area (Å²) in [6.07, 6.45) is 7.39. The third kappa shape index (κ3) is 4.62. The maximum Gasteiger partial charge on any atom is 0.225 e. The van der Waals surface area contributed by atoms with Gasteiger partial charge in [0, 0.05) is 6.54 Å². The predicted molar refractivity (Wildman–Crippen MR) is 58.8 cm³/mol. The molecular weight excluding hydrogens is 222 g/mol. The fourth-order valence-corrected chi connectivity index (χ4v) is 2.67. The Labute approximate surface area is 91.3 Å². The maximum absolute atomic E-state index is 11.0. The van der Waals surface area contributed by atoms with Gasteiger partial charge in [-0.3, -0.25) is 0 Å². The van der Waals surface area contributed by atoms with E-state index in [0.717, 1.165) is 6.42 Å². The normalized spacial score (nSPS) is 19.8. The van der Waals surface area contributed by atoms with E-state index in [0.29, 0.717) is 12.5 Å². The van der Waals surface area contributed by atoms with Crippen LogP contribution in [0.1, 0.15) is 38.5 Å². The molecule has 0 heterocycles. The van der Waals surface area contributed by atoms with Crippen LogP contribution in [0, 0.1) is 5.92 Å². The highest BCUT2D eigenvalue weighted by atomic mass is 35.5. The average molecular weight is 240 g/mol. The lowest BCUT2D eigenvalue weighted by atomic mass is 9.87. The molecule has 0 aromatic rings. The zero-order valence-corrected chi connectivity index (χ0v) is 9.91. The number of nitrogens with one attached hydrogen (secondary N) is 1. The number of sulfonamides is 1. The molecular formula is C9H18ClNO2S. The minimum Gasteiger partial charge on any atom is -0.214 e. The standard InChI is InChI=1S/C9H18ClNO2S/c10-8-14(12,13)11-7-6-9-4-2-1-3-5-9/h9,11H,1-8H2. The molecule has 84 valence electrons. The molecule has 3 nitrogen and oxygen atoms in total. The Bertz CT molecular complexity index is 248. The summed E-state index contributed by atoms with van der Waals surface area (Å²) in [5, 5.41) is -0.336. The predicted octanol–water partition coefficient (Wildman–Crippen LogP) is 2.07. The second-order valence-electron chi connectivity index (χ2n) is 3.91. The number of rotatable bonds is 5. The Morgan fingerprint density at radius 1 is 1.21 bits per heavy atom. The third-order valence-electron chi connectivity index (χ3n) is 2.74. The first-order valence-electron chi connectivity index (χ1n) is 5.17. The van der Waals surface area contributed by atoms with Gasteiger partial charge in [0.05, 0.1) is 0 Å². The maximum atomic E-state index is 11.0. The summed E-state index contributed by atoms with van der Waals surface area (Å²) in [6, 6.07) is 0. The molecule has 1 fully saturated rings. The molecule has 1 aliphatic rings. The Kier molecular flexibility index (Phi) is 5.20. The molecule has 1 aliphatic carbocycles. The summed E-state index contributed by atoms with van der Waals surface area (Å²) in [6.45, 7) is 0.541. The van der Waals surface area contributed by atoms with Gasteiger partial charge < -0.3 is 0 Å². The highest BCUT2D eigenvalue weighted by Crippen LogP contribution is 2.25. The molecule has 0 amide bonds. The van der Waals surface area contributed by atoms with Crippen molar-refractivity contribution in [2.75, 3.05) is 11.8 Å². The lowest BCUT2D eigenvalue weighted by Gasteiger charge is -2.21. The van der Waals surface area contributed by atoms with Gasteiger partial charge >= 0.3 is 0 Å². The molecule has 0 spiro atoms. The minimum atomic E-state index is -3.20. The molecule has 0 radical (unpaired) electrons. The Morgan fingerprint density at radius 3 is 2.43 bits per heavy atom. The van der Waals surface area contributed by atoms with Crippen molar-refractivity contribution in [1.82, 2.24) is 4.72 Å². The summed E-state index contributed by atoms with van der Waals surface area (Å²) in [7, 11) is -3.20. The molecule has 0 saturated heterocycles. The van der Waals surface area contributed by atoms with Gasteiger partial charge in [0.25, 0.3) is 0 Å². The van der Waals surface area contributed by atoms with Crippen molar-refractivity contribution in [1.29, 1.82) is 0 Å². The molecule has 0 aliphatic heterocycles. The van der Waals surface area contributed by atoms with E-state index >= 15 is 0 Å². The van der Waals surface area contributed by atoms with Crippen LogP contribution >= 0.6 is 11.6 Å². The fraction of sp³-hybridized carbons (Fsp3) is 1.00. The molecule has 0 atom stereocenters. The molecule has 1 saturated carbocycles. The van der Waals surface area contributed by atoms with Gasteiger partial charge in [-0.25, -0.2) is 13.1 Å². The first-order valence-corrected chi connectivity index (χ1v) is 7.36. The monoisotopic (exact) mass is 239 g/mol. The first kappa shape index (κ1) is 12.3. The van der Waals surface area contributed by atoms with Gasteiger partial charge in [-0.05, 0) is 12.3 Å². The summed E-state index contributed by atoms with van der Waals surface area (Å²) in [5.74, 6) is 0.710. The van der Waals surface area contributed by atoms with Gasteiger partial charge in [0.2, 0.25) is 10.0 Å². The smallest absolute Gasteiger partial charge is 0.214 e. The fourth-order valence-electron chi connectivity index (χ4n) is 1.93. The van der Waals surface area contributed by atoms with E-state index in [1.54, 1.807) is 0 Å². The van der Waals surface area contributed by atoms with Crippen molar-refractivity contribution in [3.8, 4) is 0 Å². The topological polar surface area (TPSA) is 46.2 Å². The molecule has 5 heteroatoms. The average Bonchev–Trinajstić information content (AvgIpc) is 2.19. The minimum absolute atomic E-state index is 0.336. The number of alkyl halides is 1. The Balaban J connectivity index is 2.14. The van der Waals surface area contributed by atoms with E-state index in [9.17, 15) is 8.42 Å². The van der Waals surface area contributed by atoms with Gasteiger partial charge in [-0.2, -0.15) is 0 Å². The molecule has 0 aromatic heterocycles. The van der Waals surface area contributed by atoms with E-state index in [4.69, 9.17) is 11.6 Å². The highest BCUT2D eigenvalue weighted by Gasteiger charge is 2.14. The lowest BCUT2D eigenvalue weighted by Crippen LogP contribution is -2.27. The summed E-state index contributed by atoms with van der Waals surface area (Å²) >= 11 is 5.26. The van der Waals surface area contributed by atoms with Crippen molar-refractivity contribution < 1.29 is 8.42 Å². The van der Waals surface area contributed by atoms with Crippen molar-refractivity contribution in [3.63, 3.8) is 0 Å². The van der Waals surface area contributed by atoms with Crippen LogP contribution in [0.3, 0.4) is 0 Å². The first-order chi connectivity index (χ1) is 6.64. The van der Waals surface area contributed by atoms with Gasteiger partial charge in [0.15, 0.2) is 0 Å². The molecule has 0 bridgehead atoms. The van der Waals surface area contributed by atoms with Crippen LogP contribution in [0.15, 0.2) is 0 Å². The number of halogens is 1. The molecule has 1 N–H and O–H groups in total. The largest absolute Gasteiger partial charge is 0.225 e.